The van der Waals surface area contributed by atoms with Gasteiger partial charge >= 0.3 is 0 Å². The highest BCUT2D eigenvalue weighted by molar-refractivity contribution is 4.95. The fourth-order valence-electron chi connectivity index (χ4n) is 2.05. The third kappa shape index (κ3) is 2.68. The van der Waals surface area contributed by atoms with Gasteiger partial charge in [-0.2, -0.15) is 5.26 Å². The minimum atomic E-state index is 0.104. The molecule has 3 heteroatoms. The molecule has 1 saturated heterocycles. The van der Waals surface area contributed by atoms with Crippen molar-refractivity contribution in [1.29, 1.82) is 5.26 Å². The maximum Gasteiger partial charge on any atom is 0.0976 e. The van der Waals surface area contributed by atoms with Crippen LogP contribution >= 0.6 is 0 Å². The van der Waals surface area contributed by atoms with Gasteiger partial charge < -0.3 is 5.32 Å². The van der Waals surface area contributed by atoms with Gasteiger partial charge in [-0.15, -0.1) is 0 Å². The van der Waals surface area contributed by atoms with E-state index in [0.29, 0.717) is 12.1 Å². The van der Waals surface area contributed by atoms with Crippen molar-refractivity contribution in [3.8, 4) is 6.07 Å². The third-order valence-corrected chi connectivity index (χ3v) is 2.56. The molecule has 0 aliphatic carbocycles. The zero-order valence-electron chi connectivity index (χ0n) is 8.75. The van der Waals surface area contributed by atoms with Crippen LogP contribution in [-0.4, -0.2) is 36.1 Å². The number of nitrogens with one attached hydrogen (secondary N) is 1. The van der Waals surface area contributed by atoms with Crippen LogP contribution in [0.1, 0.15) is 27.2 Å². The molecular formula is C10H19N3. The summed E-state index contributed by atoms with van der Waals surface area (Å²) >= 11 is 0. The van der Waals surface area contributed by atoms with Gasteiger partial charge in [-0.05, 0) is 20.3 Å². The van der Waals surface area contributed by atoms with Gasteiger partial charge in [0, 0.05) is 25.2 Å². The molecule has 13 heavy (non-hydrogen) atoms. The topological polar surface area (TPSA) is 39.1 Å². The molecule has 1 unspecified atom stereocenters. The van der Waals surface area contributed by atoms with E-state index in [1.807, 2.05) is 0 Å². The van der Waals surface area contributed by atoms with E-state index in [9.17, 15) is 0 Å². The van der Waals surface area contributed by atoms with Crippen LogP contribution in [0, 0.1) is 11.3 Å². The Kier molecular flexibility index (Phi) is 3.71. The van der Waals surface area contributed by atoms with Crippen molar-refractivity contribution >= 4 is 0 Å². The van der Waals surface area contributed by atoms with Gasteiger partial charge in [0.15, 0.2) is 0 Å². The van der Waals surface area contributed by atoms with E-state index in [2.05, 4.69) is 37.1 Å². The van der Waals surface area contributed by atoms with E-state index in [1.54, 1.807) is 0 Å². The molecular weight excluding hydrogens is 162 g/mol. The van der Waals surface area contributed by atoms with Gasteiger partial charge in [-0.3, -0.25) is 4.90 Å². The lowest BCUT2D eigenvalue weighted by Gasteiger charge is -2.38. The van der Waals surface area contributed by atoms with Crippen LogP contribution in [0.3, 0.4) is 0 Å². The van der Waals surface area contributed by atoms with Crippen LogP contribution in [-0.2, 0) is 0 Å². The van der Waals surface area contributed by atoms with Crippen LogP contribution in [0.4, 0.5) is 0 Å². The number of nitrogens with zero attached hydrogens (tertiary/aromatic N) is 2. The van der Waals surface area contributed by atoms with Crippen LogP contribution in [0.5, 0.6) is 0 Å². The van der Waals surface area contributed by atoms with E-state index in [1.165, 1.54) is 0 Å². The number of nitriles is 1. The van der Waals surface area contributed by atoms with Crippen molar-refractivity contribution in [2.75, 3.05) is 13.1 Å². The lowest BCUT2D eigenvalue weighted by atomic mass is 10.1. The fraction of sp³-hybridized carbons (Fsp3) is 0.900. The maximum absolute atomic E-state index is 8.94. The zero-order valence-corrected chi connectivity index (χ0v) is 8.75. The van der Waals surface area contributed by atoms with E-state index in [-0.39, 0.29) is 6.04 Å². The summed E-state index contributed by atoms with van der Waals surface area (Å²) in [5, 5.41) is 12.4. The Morgan fingerprint density at radius 3 is 2.38 bits per heavy atom. The van der Waals surface area contributed by atoms with Crippen LogP contribution < -0.4 is 5.32 Å². The van der Waals surface area contributed by atoms with Gasteiger partial charge in [-0.1, -0.05) is 6.92 Å². The zero-order chi connectivity index (χ0) is 9.84. The van der Waals surface area contributed by atoms with Gasteiger partial charge in [0.1, 0.15) is 0 Å². The minimum Gasteiger partial charge on any atom is -0.309 e. The standard InChI is InChI=1S/C10H19N3/c1-4-10(5-11)13-6-8(2)12-9(3)7-13/h8-10,12H,4,6-7H2,1-3H3/t8-,9+,10?. The second-order valence-corrected chi connectivity index (χ2v) is 3.98. The average Bonchev–Trinajstić information content (AvgIpc) is 2.04. The van der Waals surface area contributed by atoms with Gasteiger partial charge in [0.2, 0.25) is 0 Å². The highest BCUT2D eigenvalue weighted by Gasteiger charge is 2.25. The molecule has 1 aliphatic rings. The molecule has 1 aliphatic heterocycles. The molecule has 0 bridgehead atoms. The van der Waals surface area contributed by atoms with Crippen molar-refractivity contribution in [1.82, 2.24) is 10.2 Å². The first-order valence-electron chi connectivity index (χ1n) is 5.07. The summed E-state index contributed by atoms with van der Waals surface area (Å²) in [5.41, 5.74) is 0. The number of hydrogen-bond donors (Lipinski definition) is 1. The van der Waals surface area contributed by atoms with Crippen molar-refractivity contribution < 1.29 is 0 Å². The number of rotatable bonds is 2. The molecule has 74 valence electrons. The highest BCUT2D eigenvalue weighted by Crippen LogP contribution is 2.10. The highest BCUT2D eigenvalue weighted by atomic mass is 15.2. The summed E-state index contributed by atoms with van der Waals surface area (Å²) in [4.78, 5) is 2.28. The normalized spacial score (nSPS) is 32.5. The molecule has 0 amide bonds. The fourth-order valence-corrected chi connectivity index (χ4v) is 2.05. The van der Waals surface area contributed by atoms with E-state index < -0.39 is 0 Å². The third-order valence-electron chi connectivity index (χ3n) is 2.56. The molecule has 1 rings (SSSR count). The predicted octanol–water partition coefficient (Wildman–Crippen LogP) is 0.971. The summed E-state index contributed by atoms with van der Waals surface area (Å²) in [6.07, 6.45) is 0.927. The predicted molar refractivity (Wildman–Crippen MR) is 53.3 cm³/mol. The van der Waals surface area contributed by atoms with Gasteiger partial charge in [0.25, 0.3) is 0 Å². The largest absolute Gasteiger partial charge is 0.309 e. The van der Waals surface area contributed by atoms with Crippen molar-refractivity contribution in [2.24, 2.45) is 0 Å². The van der Waals surface area contributed by atoms with E-state index >= 15 is 0 Å². The quantitative estimate of drug-likeness (QED) is 0.690. The lowest BCUT2D eigenvalue weighted by molar-refractivity contribution is 0.145. The van der Waals surface area contributed by atoms with Crippen LogP contribution in [0.25, 0.3) is 0 Å². The molecule has 1 fully saturated rings. The molecule has 0 radical (unpaired) electrons. The Balaban J connectivity index is 2.54. The molecule has 0 saturated carbocycles. The molecule has 0 aromatic rings. The first kappa shape index (κ1) is 10.5. The van der Waals surface area contributed by atoms with E-state index in [0.717, 1.165) is 19.5 Å². The van der Waals surface area contributed by atoms with Crippen molar-refractivity contribution in [3.63, 3.8) is 0 Å². The van der Waals surface area contributed by atoms with Crippen molar-refractivity contribution in [3.05, 3.63) is 0 Å². The molecule has 1 N–H and O–H groups in total. The molecule has 0 aromatic heterocycles. The SMILES string of the molecule is CCC(C#N)N1C[C@@H](C)N[C@@H](C)C1. The summed E-state index contributed by atoms with van der Waals surface area (Å²) in [7, 11) is 0. The summed E-state index contributed by atoms with van der Waals surface area (Å²) in [6, 6.07) is 3.48. The lowest BCUT2D eigenvalue weighted by Crippen LogP contribution is -2.56. The van der Waals surface area contributed by atoms with Crippen LogP contribution in [0.2, 0.25) is 0 Å². The molecule has 3 atom stereocenters. The minimum absolute atomic E-state index is 0.104. The number of hydrogen-bond acceptors (Lipinski definition) is 3. The van der Waals surface area contributed by atoms with Crippen LogP contribution in [0.15, 0.2) is 0 Å². The number of piperazine rings is 1. The summed E-state index contributed by atoms with van der Waals surface area (Å²) in [6.45, 7) is 8.41. The Labute approximate surface area is 80.7 Å². The average molecular weight is 181 g/mol. The second kappa shape index (κ2) is 4.59. The monoisotopic (exact) mass is 181 g/mol. The summed E-state index contributed by atoms with van der Waals surface area (Å²) in [5.74, 6) is 0. The Bertz CT molecular complexity index is 187. The molecule has 1 heterocycles. The van der Waals surface area contributed by atoms with Gasteiger partial charge in [0.05, 0.1) is 12.1 Å². The second-order valence-electron chi connectivity index (χ2n) is 3.98. The molecule has 0 spiro atoms. The first-order chi connectivity index (χ1) is 6.17. The van der Waals surface area contributed by atoms with E-state index in [4.69, 9.17) is 5.26 Å². The Morgan fingerprint density at radius 1 is 1.46 bits per heavy atom. The first-order valence-corrected chi connectivity index (χ1v) is 5.07. The Morgan fingerprint density at radius 2 is 2.00 bits per heavy atom. The molecule has 3 nitrogen and oxygen atoms in total. The van der Waals surface area contributed by atoms with Crippen molar-refractivity contribution in [2.45, 2.75) is 45.3 Å². The Hall–Kier alpha value is -0.590. The molecule has 0 aromatic carbocycles. The van der Waals surface area contributed by atoms with Gasteiger partial charge in [-0.25, -0.2) is 0 Å². The maximum atomic E-state index is 8.94. The summed E-state index contributed by atoms with van der Waals surface area (Å²) < 4.78 is 0. The smallest absolute Gasteiger partial charge is 0.0976 e.